The van der Waals surface area contributed by atoms with E-state index in [0.29, 0.717) is 21.5 Å². The Morgan fingerprint density at radius 2 is 1.83 bits per heavy atom. The third-order valence-corrected chi connectivity index (χ3v) is 5.23. The number of fused-ring (bicyclic) bond motifs is 1. The minimum absolute atomic E-state index is 0.0962. The fourth-order valence-corrected chi connectivity index (χ4v) is 3.76. The molecular formula is C20H21N3O6S. The molecule has 0 saturated heterocycles. The standard InChI is InChI=1S/C20H21N3O6S/c1-3-29-19(26)13-4-6-14(7-5-13)21-16(24)12-23-15-8-11-30-17(15)18(25)22(20(23)27)9-10-28-2/h4-8,11H,3,9-10,12H2,1-2H3,(H,21,24). The fourth-order valence-electron chi connectivity index (χ4n) is 2.91. The number of methoxy groups -OCH3 is 1. The Morgan fingerprint density at radius 1 is 1.10 bits per heavy atom. The number of aromatic nitrogens is 2. The molecule has 10 heteroatoms. The number of rotatable bonds is 8. The van der Waals surface area contributed by atoms with Gasteiger partial charge in [0.15, 0.2) is 0 Å². The van der Waals surface area contributed by atoms with Crippen LogP contribution >= 0.6 is 11.3 Å². The number of nitrogens with one attached hydrogen (secondary N) is 1. The van der Waals surface area contributed by atoms with Crippen molar-refractivity contribution in [1.82, 2.24) is 9.13 Å². The van der Waals surface area contributed by atoms with Crippen molar-refractivity contribution >= 4 is 39.1 Å². The summed E-state index contributed by atoms with van der Waals surface area (Å²) in [6, 6.07) is 7.88. The van der Waals surface area contributed by atoms with Crippen molar-refractivity contribution in [2.75, 3.05) is 25.6 Å². The molecule has 0 saturated carbocycles. The van der Waals surface area contributed by atoms with Gasteiger partial charge in [-0.1, -0.05) is 0 Å². The van der Waals surface area contributed by atoms with Gasteiger partial charge in [0.2, 0.25) is 5.91 Å². The van der Waals surface area contributed by atoms with Crippen molar-refractivity contribution in [3.63, 3.8) is 0 Å². The van der Waals surface area contributed by atoms with Crippen molar-refractivity contribution in [3.8, 4) is 0 Å². The highest BCUT2D eigenvalue weighted by molar-refractivity contribution is 7.17. The van der Waals surface area contributed by atoms with E-state index < -0.39 is 23.1 Å². The maximum Gasteiger partial charge on any atom is 0.338 e. The number of hydrogen-bond donors (Lipinski definition) is 1. The van der Waals surface area contributed by atoms with Crippen molar-refractivity contribution < 1.29 is 19.1 Å². The van der Waals surface area contributed by atoms with Gasteiger partial charge >= 0.3 is 11.7 Å². The zero-order chi connectivity index (χ0) is 21.7. The molecule has 0 atom stereocenters. The summed E-state index contributed by atoms with van der Waals surface area (Å²) in [5.74, 6) is -0.884. The van der Waals surface area contributed by atoms with E-state index in [2.05, 4.69) is 5.32 Å². The van der Waals surface area contributed by atoms with E-state index in [1.54, 1.807) is 42.6 Å². The molecule has 0 aliphatic carbocycles. The number of hydrogen-bond acceptors (Lipinski definition) is 7. The van der Waals surface area contributed by atoms with Gasteiger partial charge in [-0.15, -0.1) is 11.3 Å². The number of amides is 1. The first-order chi connectivity index (χ1) is 14.5. The number of carbonyl (C=O) groups is 2. The first-order valence-electron chi connectivity index (χ1n) is 9.23. The third-order valence-electron chi connectivity index (χ3n) is 4.34. The van der Waals surface area contributed by atoms with Crippen LogP contribution in [0.5, 0.6) is 0 Å². The lowest BCUT2D eigenvalue weighted by atomic mass is 10.2. The van der Waals surface area contributed by atoms with Crippen LogP contribution in [0.15, 0.2) is 45.3 Å². The predicted molar refractivity (Wildman–Crippen MR) is 113 cm³/mol. The van der Waals surface area contributed by atoms with E-state index in [1.165, 1.54) is 23.0 Å². The van der Waals surface area contributed by atoms with E-state index >= 15 is 0 Å². The first kappa shape index (κ1) is 21.5. The molecular weight excluding hydrogens is 410 g/mol. The molecule has 0 spiro atoms. The van der Waals surface area contributed by atoms with Crippen LogP contribution in [0.1, 0.15) is 17.3 Å². The smallest absolute Gasteiger partial charge is 0.338 e. The van der Waals surface area contributed by atoms with Crippen molar-refractivity contribution in [3.05, 3.63) is 62.1 Å². The topological polar surface area (TPSA) is 109 Å². The number of thiophene rings is 1. The van der Waals surface area contributed by atoms with Crippen molar-refractivity contribution in [2.45, 2.75) is 20.0 Å². The molecule has 0 bridgehead atoms. The summed E-state index contributed by atoms with van der Waals surface area (Å²) in [7, 11) is 1.48. The normalized spacial score (nSPS) is 10.9. The molecule has 3 aromatic rings. The summed E-state index contributed by atoms with van der Waals surface area (Å²) >= 11 is 1.21. The van der Waals surface area contributed by atoms with Gasteiger partial charge in [0.1, 0.15) is 11.2 Å². The molecule has 0 unspecified atom stereocenters. The maximum atomic E-state index is 12.8. The highest BCUT2D eigenvalue weighted by Gasteiger charge is 2.16. The van der Waals surface area contributed by atoms with Crippen LogP contribution in [0.25, 0.3) is 10.2 Å². The van der Waals surface area contributed by atoms with Gasteiger partial charge in [0.25, 0.3) is 5.56 Å². The largest absolute Gasteiger partial charge is 0.462 e. The van der Waals surface area contributed by atoms with E-state index in [1.807, 2.05) is 0 Å². The molecule has 1 aromatic carbocycles. The zero-order valence-corrected chi connectivity index (χ0v) is 17.4. The molecule has 1 N–H and O–H groups in total. The Hall–Kier alpha value is -3.24. The summed E-state index contributed by atoms with van der Waals surface area (Å²) in [5, 5.41) is 4.39. The Bertz CT molecular complexity index is 1180. The van der Waals surface area contributed by atoms with Gasteiger partial charge in [0.05, 0.1) is 30.8 Å². The molecule has 0 aliphatic heterocycles. The average Bonchev–Trinajstić information content (AvgIpc) is 3.22. The highest BCUT2D eigenvalue weighted by atomic mass is 32.1. The van der Waals surface area contributed by atoms with Gasteiger partial charge in [-0.05, 0) is 42.6 Å². The maximum absolute atomic E-state index is 12.8. The fraction of sp³-hybridized carbons (Fsp3) is 0.300. The molecule has 2 heterocycles. The number of nitrogens with zero attached hydrogens (tertiary/aromatic N) is 2. The van der Waals surface area contributed by atoms with Crippen LogP contribution in [0.3, 0.4) is 0 Å². The van der Waals surface area contributed by atoms with Crippen LogP contribution in [0.4, 0.5) is 5.69 Å². The molecule has 0 fully saturated rings. The van der Waals surface area contributed by atoms with Crippen LogP contribution in [0, 0.1) is 0 Å². The lowest BCUT2D eigenvalue weighted by Crippen LogP contribution is -2.42. The molecule has 1 amide bonds. The predicted octanol–water partition coefficient (Wildman–Crippen LogP) is 1.69. The van der Waals surface area contributed by atoms with Crippen LogP contribution in [-0.2, 0) is 27.4 Å². The summed E-state index contributed by atoms with van der Waals surface area (Å²) in [6.45, 7) is 2.02. The molecule has 2 aromatic heterocycles. The number of ether oxygens (including phenoxy) is 2. The van der Waals surface area contributed by atoms with Crippen LogP contribution < -0.4 is 16.6 Å². The quantitative estimate of drug-likeness (QED) is 0.544. The SMILES string of the molecule is CCOC(=O)c1ccc(NC(=O)Cn2c(=O)n(CCOC)c(=O)c3sccc32)cc1. The van der Waals surface area contributed by atoms with Crippen molar-refractivity contribution in [2.24, 2.45) is 0 Å². The van der Waals surface area contributed by atoms with Crippen molar-refractivity contribution in [1.29, 1.82) is 0 Å². The van der Waals surface area contributed by atoms with Gasteiger partial charge < -0.3 is 14.8 Å². The minimum Gasteiger partial charge on any atom is -0.462 e. The average molecular weight is 431 g/mol. The third kappa shape index (κ3) is 4.50. The van der Waals surface area contributed by atoms with E-state index in [4.69, 9.17) is 9.47 Å². The minimum atomic E-state index is -0.573. The second kappa shape index (κ2) is 9.51. The molecule has 0 radical (unpaired) electrons. The molecule has 158 valence electrons. The molecule has 9 nitrogen and oxygen atoms in total. The number of carbonyl (C=O) groups excluding carboxylic acids is 2. The number of benzene rings is 1. The first-order valence-corrected chi connectivity index (χ1v) is 10.1. The Kier molecular flexibility index (Phi) is 6.80. The summed E-state index contributed by atoms with van der Waals surface area (Å²) < 4.78 is 12.6. The van der Waals surface area contributed by atoms with Gasteiger partial charge in [0, 0.05) is 12.8 Å². The summed E-state index contributed by atoms with van der Waals surface area (Å²) in [5.41, 5.74) is 0.284. The zero-order valence-electron chi connectivity index (χ0n) is 16.5. The molecule has 3 rings (SSSR count). The Morgan fingerprint density at radius 3 is 2.50 bits per heavy atom. The lowest BCUT2D eigenvalue weighted by Gasteiger charge is -2.12. The highest BCUT2D eigenvalue weighted by Crippen LogP contribution is 2.16. The molecule has 0 aliphatic rings. The van der Waals surface area contributed by atoms with E-state index in [0.717, 1.165) is 4.57 Å². The van der Waals surface area contributed by atoms with E-state index in [9.17, 15) is 19.2 Å². The number of esters is 1. The number of anilines is 1. The second-order valence-corrected chi connectivity index (χ2v) is 7.22. The Labute approximate surface area is 175 Å². The van der Waals surface area contributed by atoms with Gasteiger partial charge in [-0.2, -0.15) is 0 Å². The molecule has 30 heavy (non-hydrogen) atoms. The van der Waals surface area contributed by atoms with Gasteiger partial charge in [-0.3, -0.25) is 18.7 Å². The Balaban J connectivity index is 1.83. The van der Waals surface area contributed by atoms with E-state index in [-0.39, 0.29) is 26.3 Å². The van der Waals surface area contributed by atoms with Crippen LogP contribution in [-0.4, -0.2) is 41.3 Å². The summed E-state index contributed by atoms with van der Waals surface area (Å²) in [6.07, 6.45) is 0. The second-order valence-electron chi connectivity index (χ2n) is 6.30. The van der Waals surface area contributed by atoms with Crippen LogP contribution in [0.2, 0.25) is 0 Å². The van der Waals surface area contributed by atoms with Gasteiger partial charge in [-0.25, -0.2) is 9.59 Å². The monoisotopic (exact) mass is 431 g/mol. The summed E-state index contributed by atoms with van der Waals surface area (Å²) in [4.78, 5) is 49.6. The lowest BCUT2D eigenvalue weighted by molar-refractivity contribution is -0.116.